The zero-order valence-corrected chi connectivity index (χ0v) is 18.5. The standard InChI is InChI=1S/C18H15NO2S.C6H14O/c1-11(2)19-18-15(9-14(10-20)22-18)12(3)17-8-13-6-4-5-7-16(13)21-17;1-3-5-7-6-4-2/h4-10H,3H2,1-2H3;3-6H2,1-2H3. The summed E-state index contributed by atoms with van der Waals surface area (Å²) < 4.78 is 11.0. The van der Waals surface area contributed by atoms with Gasteiger partial charge in [0.05, 0.1) is 4.88 Å². The molecule has 0 aliphatic heterocycles. The van der Waals surface area contributed by atoms with Crippen molar-refractivity contribution >= 4 is 44.9 Å². The molecule has 5 heteroatoms. The van der Waals surface area contributed by atoms with E-state index in [0.717, 1.165) is 65.2 Å². The largest absolute Gasteiger partial charge is 0.456 e. The van der Waals surface area contributed by atoms with Crippen LogP contribution in [0, 0.1) is 0 Å². The Bertz CT molecular complexity index is 940. The van der Waals surface area contributed by atoms with Crippen LogP contribution in [0.1, 0.15) is 61.5 Å². The van der Waals surface area contributed by atoms with Crippen molar-refractivity contribution in [3.05, 3.63) is 59.2 Å². The highest BCUT2D eigenvalue weighted by Gasteiger charge is 2.16. The molecule has 3 aromatic rings. The number of nitrogens with zero attached hydrogens (tertiary/aromatic N) is 1. The molecule has 0 unspecified atom stereocenters. The first-order chi connectivity index (χ1) is 14.0. The molecule has 2 aromatic heterocycles. The fourth-order valence-corrected chi connectivity index (χ4v) is 3.58. The van der Waals surface area contributed by atoms with Gasteiger partial charge in [-0.1, -0.05) is 38.6 Å². The van der Waals surface area contributed by atoms with Crippen LogP contribution in [0.2, 0.25) is 0 Å². The lowest BCUT2D eigenvalue weighted by Gasteiger charge is -2.01. The Kier molecular flexibility index (Phi) is 9.03. The fourth-order valence-electron chi connectivity index (χ4n) is 2.61. The molecular weight excluding hydrogens is 382 g/mol. The third kappa shape index (κ3) is 6.51. The first-order valence-electron chi connectivity index (χ1n) is 9.87. The second kappa shape index (κ2) is 11.5. The van der Waals surface area contributed by atoms with E-state index in [1.807, 2.05) is 50.2 Å². The van der Waals surface area contributed by atoms with Crippen molar-refractivity contribution in [3.8, 4) is 0 Å². The lowest BCUT2D eigenvalue weighted by atomic mass is 10.1. The predicted molar refractivity (Wildman–Crippen MR) is 124 cm³/mol. The minimum Gasteiger partial charge on any atom is -0.456 e. The van der Waals surface area contributed by atoms with Crippen molar-refractivity contribution in [1.29, 1.82) is 0 Å². The number of aldehydes is 1. The summed E-state index contributed by atoms with van der Waals surface area (Å²) in [7, 11) is 0. The Labute approximate surface area is 176 Å². The second-order valence-corrected chi connectivity index (χ2v) is 7.85. The third-order valence-electron chi connectivity index (χ3n) is 3.92. The molecule has 0 aliphatic rings. The average molecular weight is 412 g/mol. The monoisotopic (exact) mass is 411 g/mol. The number of para-hydroxylation sites is 1. The molecule has 0 fully saturated rings. The van der Waals surface area contributed by atoms with Gasteiger partial charge in [0.15, 0.2) is 6.29 Å². The van der Waals surface area contributed by atoms with E-state index in [0.29, 0.717) is 10.6 Å². The van der Waals surface area contributed by atoms with E-state index in [1.165, 1.54) is 11.3 Å². The number of furan rings is 1. The van der Waals surface area contributed by atoms with Gasteiger partial charge in [0, 0.05) is 35.4 Å². The van der Waals surface area contributed by atoms with Crippen LogP contribution in [0.25, 0.3) is 16.5 Å². The van der Waals surface area contributed by atoms with E-state index in [-0.39, 0.29) is 0 Å². The van der Waals surface area contributed by atoms with Crippen molar-refractivity contribution in [2.75, 3.05) is 13.2 Å². The van der Waals surface area contributed by atoms with E-state index >= 15 is 0 Å². The van der Waals surface area contributed by atoms with Crippen molar-refractivity contribution in [2.45, 2.75) is 40.5 Å². The van der Waals surface area contributed by atoms with Crippen molar-refractivity contribution in [1.82, 2.24) is 0 Å². The maximum Gasteiger partial charge on any atom is 0.160 e. The average Bonchev–Trinajstić information content (AvgIpc) is 3.32. The van der Waals surface area contributed by atoms with Crippen LogP contribution < -0.4 is 0 Å². The van der Waals surface area contributed by atoms with Gasteiger partial charge in [-0.05, 0) is 44.9 Å². The summed E-state index contributed by atoms with van der Waals surface area (Å²) in [4.78, 5) is 16.2. The van der Waals surface area contributed by atoms with Gasteiger partial charge in [0.1, 0.15) is 16.3 Å². The van der Waals surface area contributed by atoms with Crippen molar-refractivity contribution in [3.63, 3.8) is 0 Å². The third-order valence-corrected chi connectivity index (χ3v) is 4.87. The SMILES string of the molecule is C=C(c1cc2ccccc2o1)c1cc(C=O)sc1N=C(C)C.CCCOCCC. The minimum atomic E-state index is 0.632. The number of hydrogen-bond acceptors (Lipinski definition) is 5. The molecule has 0 N–H and O–H groups in total. The van der Waals surface area contributed by atoms with Crippen LogP contribution >= 0.6 is 11.3 Å². The number of aliphatic imine (C=N–C) groups is 1. The van der Waals surface area contributed by atoms with E-state index in [4.69, 9.17) is 9.15 Å². The number of carbonyl (C=O) groups is 1. The van der Waals surface area contributed by atoms with Gasteiger partial charge in [-0.3, -0.25) is 4.79 Å². The van der Waals surface area contributed by atoms with Gasteiger partial charge in [0.2, 0.25) is 0 Å². The summed E-state index contributed by atoms with van der Waals surface area (Å²) in [6.45, 7) is 14.1. The first kappa shape index (κ1) is 22.8. The molecule has 0 bridgehead atoms. The first-order valence-corrected chi connectivity index (χ1v) is 10.7. The van der Waals surface area contributed by atoms with Crippen LogP contribution in [-0.2, 0) is 4.74 Å². The Hall–Kier alpha value is -2.50. The summed E-state index contributed by atoms with van der Waals surface area (Å²) in [5, 5.41) is 1.81. The number of hydrogen-bond donors (Lipinski definition) is 0. The highest BCUT2D eigenvalue weighted by Crippen LogP contribution is 2.38. The molecule has 2 heterocycles. The minimum absolute atomic E-state index is 0.632. The Morgan fingerprint density at radius 2 is 1.86 bits per heavy atom. The molecule has 0 radical (unpaired) electrons. The van der Waals surface area contributed by atoms with E-state index < -0.39 is 0 Å². The van der Waals surface area contributed by atoms with E-state index in [2.05, 4.69) is 25.4 Å². The number of benzene rings is 1. The summed E-state index contributed by atoms with van der Waals surface area (Å²) in [5.41, 5.74) is 3.33. The van der Waals surface area contributed by atoms with Crippen LogP contribution in [0.5, 0.6) is 0 Å². The van der Waals surface area contributed by atoms with E-state index in [9.17, 15) is 4.79 Å². The lowest BCUT2D eigenvalue weighted by molar-refractivity contribution is 0.112. The molecule has 0 saturated heterocycles. The Balaban J connectivity index is 0.000000370. The molecule has 3 rings (SSSR count). The lowest BCUT2D eigenvalue weighted by Crippen LogP contribution is -1.92. The van der Waals surface area contributed by atoms with Gasteiger partial charge in [-0.2, -0.15) is 0 Å². The molecule has 29 heavy (non-hydrogen) atoms. The zero-order chi connectivity index (χ0) is 21.2. The molecule has 0 aliphatic carbocycles. The molecule has 0 spiro atoms. The summed E-state index contributed by atoms with van der Waals surface area (Å²) in [6, 6.07) is 11.6. The van der Waals surface area contributed by atoms with Crippen LogP contribution in [0.15, 0.2) is 52.4 Å². The molecule has 0 amide bonds. The number of rotatable bonds is 8. The molecule has 0 saturated carbocycles. The smallest absolute Gasteiger partial charge is 0.160 e. The summed E-state index contributed by atoms with van der Waals surface area (Å²) in [6.07, 6.45) is 3.12. The van der Waals surface area contributed by atoms with Gasteiger partial charge in [0.25, 0.3) is 0 Å². The highest BCUT2D eigenvalue weighted by molar-refractivity contribution is 7.17. The number of carbonyl (C=O) groups excluding carboxylic acids is 1. The van der Waals surface area contributed by atoms with Gasteiger partial charge in [-0.25, -0.2) is 4.99 Å². The number of ether oxygens (including phenoxy) is 1. The fraction of sp³-hybridized carbons (Fsp3) is 0.333. The zero-order valence-electron chi connectivity index (χ0n) is 17.7. The normalized spacial score (nSPS) is 10.3. The maximum atomic E-state index is 11.1. The quantitative estimate of drug-likeness (QED) is 0.222. The topological polar surface area (TPSA) is 51.8 Å². The molecular formula is C24H29NO3S. The molecule has 1 aromatic carbocycles. The van der Waals surface area contributed by atoms with Crippen LogP contribution in [0.3, 0.4) is 0 Å². The highest BCUT2D eigenvalue weighted by atomic mass is 32.1. The van der Waals surface area contributed by atoms with Crippen molar-refractivity contribution < 1.29 is 13.9 Å². The molecule has 4 nitrogen and oxygen atoms in total. The van der Waals surface area contributed by atoms with Gasteiger partial charge >= 0.3 is 0 Å². The van der Waals surface area contributed by atoms with Crippen LogP contribution in [-0.4, -0.2) is 25.2 Å². The Morgan fingerprint density at radius 1 is 1.17 bits per heavy atom. The molecule has 0 atom stereocenters. The van der Waals surface area contributed by atoms with Gasteiger partial charge in [-0.15, -0.1) is 11.3 Å². The second-order valence-electron chi connectivity index (χ2n) is 6.78. The number of thiophene rings is 1. The predicted octanol–water partition coefficient (Wildman–Crippen LogP) is 7.30. The van der Waals surface area contributed by atoms with Gasteiger partial charge < -0.3 is 9.15 Å². The Morgan fingerprint density at radius 3 is 2.45 bits per heavy atom. The van der Waals surface area contributed by atoms with E-state index in [1.54, 1.807) is 0 Å². The maximum absolute atomic E-state index is 11.1. The van der Waals surface area contributed by atoms with Crippen molar-refractivity contribution in [2.24, 2.45) is 4.99 Å². The summed E-state index contributed by atoms with van der Waals surface area (Å²) >= 11 is 1.36. The molecule has 154 valence electrons. The summed E-state index contributed by atoms with van der Waals surface area (Å²) in [5.74, 6) is 0.696. The van der Waals surface area contributed by atoms with Crippen LogP contribution in [0.4, 0.5) is 5.00 Å². The number of fused-ring (bicyclic) bond motifs is 1.